The normalized spacial score (nSPS) is 33.0. The van der Waals surface area contributed by atoms with Crippen LogP contribution in [0.2, 0.25) is 0 Å². The molecule has 1 unspecified atom stereocenters. The first-order valence-electron chi connectivity index (χ1n) is 3.18. The van der Waals surface area contributed by atoms with Crippen molar-refractivity contribution in [2.24, 2.45) is 5.92 Å². The van der Waals surface area contributed by atoms with Gasteiger partial charge in [0.05, 0.1) is 0 Å². The summed E-state index contributed by atoms with van der Waals surface area (Å²) >= 11 is 0. The number of hydrogen-bond donors (Lipinski definition) is 1. The summed E-state index contributed by atoms with van der Waals surface area (Å²) in [5.74, 6) is 0.828. The molecule has 0 saturated carbocycles. The van der Waals surface area contributed by atoms with Crippen molar-refractivity contribution in [2.45, 2.75) is 6.92 Å². The molecule has 0 amide bonds. The van der Waals surface area contributed by atoms with Gasteiger partial charge < -0.3 is 5.32 Å². The molecule has 1 aliphatic rings. The van der Waals surface area contributed by atoms with Gasteiger partial charge in [-0.25, -0.2) is 0 Å². The molecule has 0 aromatic carbocycles. The van der Waals surface area contributed by atoms with E-state index in [1.54, 1.807) is 0 Å². The molecule has 1 saturated heterocycles. The van der Waals surface area contributed by atoms with E-state index in [4.69, 9.17) is 0 Å². The third-order valence-electron chi connectivity index (χ3n) is 1.50. The van der Waals surface area contributed by atoms with Crippen molar-refractivity contribution >= 4 is 0 Å². The van der Waals surface area contributed by atoms with Crippen molar-refractivity contribution in [3.05, 3.63) is 0 Å². The van der Waals surface area contributed by atoms with Gasteiger partial charge in [0, 0.05) is 19.8 Å². The Hall–Kier alpha value is -0.0800. The molecule has 2 heteroatoms. The van der Waals surface area contributed by atoms with E-state index in [9.17, 15) is 0 Å². The molecule has 8 heavy (non-hydrogen) atoms. The van der Waals surface area contributed by atoms with Crippen molar-refractivity contribution in [1.29, 1.82) is 0 Å². The van der Waals surface area contributed by atoms with Crippen LogP contribution >= 0.6 is 0 Å². The minimum Gasteiger partial charge on any atom is -0.304 e. The predicted molar refractivity (Wildman–Crippen MR) is 34.7 cm³/mol. The Morgan fingerprint density at radius 1 is 1.62 bits per heavy atom. The second-order valence-electron chi connectivity index (χ2n) is 2.76. The lowest BCUT2D eigenvalue weighted by Gasteiger charge is -2.27. The largest absolute Gasteiger partial charge is 0.304 e. The Balaban J connectivity index is 2.23. The molecular formula is C6H14N2. The van der Waals surface area contributed by atoms with Crippen molar-refractivity contribution in [1.82, 2.24) is 10.2 Å². The fourth-order valence-electron chi connectivity index (χ4n) is 1.16. The molecule has 1 aliphatic heterocycles. The first-order chi connectivity index (χ1) is 3.79. The topological polar surface area (TPSA) is 15.3 Å². The van der Waals surface area contributed by atoms with Gasteiger partial charge in [0.1, 0.15) is 0 Å². The van der Waals surface area contributed by atoms with Gasteiger partial charge in [-0.15, -0.1) is 0 Å². The first-order valence-corrected chi connectivity index (χ1v) is 3.18. The van der Waals surface area contributed by atoms with E-state index in [0.29, 0.717) is 0 Å². The molecule has 2 nitrogen and oxygen atoms in total. The second-order valence-corrected chi connectivity index (χ2v) is 2.76. The summed E-state index contributed by atoms with van der Waals surface area (Å²) in [4.78, 5) is 2.30. The molecule has 1 fully saturated rings. The maximum atomic E-state index is 3.31. The second kappa shape index (κ2) is 2.46. The highest BCUT2D eigenvalue weighted by molar-refractivity contribution is 4.65. The predicted octanol–water partition coefficient (Wildman–Crippen LogP) is 0.115. The Morgan fingerprint density at radius 3 is 2.75 bits per heavy atom. The molecule has 1 heterocycles. The Kier molecular flexibility index (Phi) is 1.86. The summed E-state index contributed by atoms with van der Waals surface area (Å²) in [5, 5.41) is 3.31. The van der Waals surface area contributed by atoms with Gasteiger partial charge in [-0.05, 0) is 13.0 Å². The third kappa shape index (κ3) is 1.46. The summed E-state index contributed by atoms with van der Waals surface area (Å²) in [6.45, 7) is 5.75. The lowest BCUT2D eigenvalue weighted by molar-refractivity contribution is 0.212. The SMILES string of the molecule is CC1CNCN(C)C1. The molecule has 1 atom stereocenters. The molecule has 0 bridgehead atoms. The Morgan fingerprint density at radius 2 is 2.38 bits per heavy atom. The van der Waals surface area contributed by atoms with Crippen LogP contribution in [-0.4, -0.2) is 31.7 Å². The average molecular weight is 114 g/mol. The van der Waals surface area contributed by atoms with Gasteiger partial charge in [0.15, 0.2) is 0 Å². The smallest absolute Gasteiger partial charge is 0.0477 e. The van der Waals surface area contributed by atoms with E-state index in [2.05, 4.69) is 24.2 Å². The number of nitrogens with zero attached hydrogens (tertiary/aromatic N) is 1. The Labute approximate surface area is 50.9 Å². The van der Waals surface area contributed by atoms with Gasteiger partial charge in [0.25, 0.3) is 0 Å². The highest BCUT2D eigenvalue weighted by atomic mass is 15.2. The fourth-order valence-corrected chi connectivity index (χ4v) is 1.16. The van der Waals surface area contributed by atoms with Crippen LogP contribution in [0.1, 0.15) is 6.92 Å². The summed E-state index contributed by atoms with van der Waals surface area (Å²) in [7, 11) is 2.14. The van der Waals surface area contributed by atoms with Crippen LogP contribution in [0.15, 0.2) is 0 Å². The molecule has 1 N–H and O–H groups in total. The zero-order valence-electron chi connectivity index (χ0n) is 5.65. The van der Waals surface area contributed by atoms with Crippen molar-refractivity contribution in [3.63, 3.8) is 0 Å². The van der Waals surface area contributed by atoms with Gasteiger partial charge in [-0.3, -0.25) is 4.90 Å². The van der Waals surface area contributed by atoms with Crippen LogP contribution < -0.4 is 5.32 Å². The van der Waals surface area contributed by atoms with Crippen LogP contribution in [0.4, 0.5) is 0 Å². The zero-order chi connectivity index (χ0) is 5.98. The van der Waals surface area contributed by atoms with Crippen molar-refractivity contribution in [2.75, 3.05) is 26.8 Å². The van der Waals surface area contributed by atoms with Gasteiger partial charge in [-0.1, -0.05) is 6.92 Å². The minimum atomic E-state index is 0.828. The summed E-state index contributed by atoms with van der Waals surface area (Å²) in [6.07, 6.45) is 0. The highest BCUT2D eigenvalue weighted by Crippen LogP contribution is 1.99. The van der Waals surface area contributed by atoms with E-state index < -0.39 is 0 Å². The van der Waals surface area contributed by atoms with E-state index in [0.717, 1.165) is 12.6 Å². The number of nitrogens with one attached hydrogen (secondary N) is 1. The van der Waals surface area contributed by atoms with Crippen LogP contribution in [0.5, 0.6) is 0 Å². The van der Waals surface area contributed by atoms with Gasteiger partial charge in [-0.2, -0.15) is 0 Å². The van der Waals surface area contributed by atoms with E-state index in [1.807, 2.05) is 0 Å². The summed E-state index contributed by atoms with van der Waals surface area (Å²) in [6, 6.07) is 0. The molecule has 0 aromatic rings. The molecule has 1 rings (SSSR count). The van der Waals surface area contributed by atoms with Crippen molar-refractivity contribution < 1.29 is 0 Å². The Bertz CT molecular complexity index is 64.9. The molecule has 0 aliphatic carbocycles. The lowest BCUT2D eigenvalue weighted by Crippen LogP contribution is -2.43. The maximum Gasteiger partial charge on any atom is 0.0477 e. The summed E-state index contributed by atoms with van der Waals surface area (Å²) < 4.78 is 0. The number of rotatable bonds is 0. The maximum absolute atomic E-state index is 3.31. The fraction of sp³-hybridized carbons (Fsp3) is 1.00. The molecule has 0 aromatic heterocycles. The van der Waals surface area contributed by atoms with Gasteiger partial charge in [0.2, 0.25) is 0 Å². The zero-order valence-corrected chi connectivity index (χ0v) is 5.65. The number of hydrogen-bond acceptors (Lipinski definition) is 2. The summed E-state index contributed by atoms with van der Waals surface area (Å²) in [5.41, 5.74) is 0. The highest BCUT2D eigenvalue weighted by Gasteiger charge is 2.10. The van der Waals surface area contributed by atoms with E-state index in [1.165, 1.54) is 13.1 Å². The van der Waals surface area contributed by atoms with Crippen LogP contribution in [0.3, 0.4) is 0 Å². The molecule has 0 spiro atoms. The van der Waals surface area contributed by atoms with Crippen LogP contribution in [0, 0.1) is 5.92 Å². The molecular weight excluding hydrogens is 100 g/mol. The van der Waals surface area contributed by atoms with E-state index >= 15 is 0 Å². The quantitative estimate of drug-likeness (QED) is 0.481. The first kappa shape index (κ1) is 6.05. The standard InChI is InChI=1S/C6H14N2/c1-6-3-7-5-8(2)4-6/h6-7H,3-5H2,1-2H3. The monoisotopic (exact) mass is 114 g/mol. The third-order valence-corrected chi connectivity index (χ3v) is 1.50. The molecule has 0 radical (unpaired) electrons. The van der Waals surface area contributed by atoms with Crippen LogP contribution in [-0.2, 0) is 0 Å². The van der Waals surface area contributed by atoms with Gasteiger partial charge >= 0.3 is 0 Å². The van der Waals surface area contributed by atoms with Crippen LogP contribution in [0.25, 0.3) is 0 Å². The molecule has 48 valence electrons. The average Bonchev–Trinajstić information content (AvgIpc) is 1.64. The lowest BCUT2D eigenvalue weighted by atomic mass is 10.1. The minimum absolute atomic E-state index is 0.828. The van der Waals surface area contributed by atoms with E-state index in [-0.39, 0.29) is 0 Å². The van der Waals surface area contributed by atoms with Crippen molar-refractivity contribution in [3.8, 4) is 0 Å².